The van der Waals surface area contributed by atoms with Crippen LogP contribution in [0.4, 0.5) is 0 Å². The van der Waals surface area contributed by atoms with Crippen LogP contribution in [0.2, 0.25) is 0 Å². The van der Waals surface area contributed by atoms with Crippen molar-refractivity contribution in [3.63, 3.8) is 0 Å². The summed E-state index contributed by atoms with van der Waals surface area (Å²) in [5.41, 5.74) is 10.5. The van der Waals surface area contributed by atoms with Crippen LogP contribution < -0.4 is 24.7 Å². The predicted molar refractivity (Wildman–Crippen MR) is 114 cm³/mol. The van der Waals surface area contributed by atoms with E-state index < -0.39 is 5.92 Å². The molecule has 0 bridgehead atoms. The smallest absolute Gasteiger partial charge is 0.244 e. The number of nitrogens with two attached hydrogens (primary N) is 1. The van der Waals surface area contributed by atoms with Gasteiger partial charge in [-0.15, -0.1) is 5.10 Å². The number of allylic oxidation sites excluding steroid dienone is 1. The maximum atomic E-state index is 9.95. The number of methoxy groups -OCH3 is 3. The highest BCUT2D eigenvalue weighted by Gasteiger charge is 2.37. The SMILES string of the molecule is COc1cc(OC)c(C2C(C#N)=C(N)Oc3n[nH]c(-c4ccc(C)cc4)c32)cc1OC. The highest BCUT2D eigenvalue weighted by atomic mass is 16.5. The van der Waals surface area contributed by atoms with Crippen LogP contribution in [-0.4, -0.2) is 31.5 Å². The van der Waals surface area contributed by atoms with E-state index in [0.29, 0.717) is 34.3 Å². The molecule has 1 unspecified atom stereocenters. The Kier molecular flexibility index (Phi) is 5.17. The fourth-order valence-corrected chi connectivity index (χ4v) is 3.77. The fraction of sp³-hybridized carbons (Fsp3) is 0.217. The molecule has 1 aromatic heterocycles. The zero-order valence-corrected chi connectivity index (χ0v) is 17.6. The third kappa shape index (κ3) is 3.30. The van der Waals surface area contributed by atoms with Crippen LogP contribution in [0.5, 0.6) is 23.1 Å². The minimum atomic E-state index is -0.585. The van der Waals surface area contributed by atoms with Gasteiger partial charge in [0.15, 0.2) is 11.5 Å². The quantitative estimate of drug-likeness (QED) is 0.650. The van der Waals surface area contributed by atoms with E-state index in [1.807, 2.05) is 31.2 Å². The molecule has 8 heteroatoms. The summed E-state index contributed by atoms with van der Waals surface area (Å²) in [5.74, 6) is 1.26. The average molecular weight is 418 g/mol. The summed E-state index contributed by atoms with van der Waals surface area (Å²) in [4.78, 5) is 0. The summed E-state index contributed by atoms with van der Waals surface area (Å²) in [6.45, 7) is 2.02. The number of H-pyrrole nitrogens is 1. The number of aromatic amines is 1. The number of hydrogen-bond acceptors (Lipinski definition) is 7. The highest BCUT2D eigenvalue weighted by Crippen LogP contribution is 2.50. The van der Waals surface area contributed by atoms with Gasteiger partial charge in [-0.05, 0) is 13.0 Å². The van der Waals surface area contributed by atoms with E-state index in [4.69, 9.17) is 24.7 Å². The first-order valence-corrected chi connectivity index (χ1v) is 9.55. The van der Waals surface area contributed by atoms with Gasteiger partial charge in [-0.2, -0.15) is 5.26 Å². The third-order valence-corrected chi connectivity index (χ3v) is 5.33. The molecule has 1 aliphatic rings. The Morgan fingerprint density at radius 1 is 1.03 bits per heavy atom. The number of ether oxygens (including phenoxy) is 4. The third-order valence-electron chi connectivity index (χ3n) is 5.33. The predicted octanol–water partition coefficient (Wildman–Crippen LogP) is 3.63. The summed E-state index contributed by atoms with van der Waals surface area (Å²) < 4.78 is 22.2. The zero-order chi connectivity index (χ0) is 22.1. The van der Waals surface area contributed by atoms with Crippen LogP contribution in [0.3, 0.4) is 0 Å². The lowest BCUT2D eigenvalue weighted by Crippen LogP contribution is -2.21. The molecule has 1 atom stereocenters. The fourth-order valence-electron chi connectivity index (χ4n) is 3.77. The van der Waals surface area contributed by atoms with Crippen LogP contribution in [0.25, 0.3) is 11.3 Å². The van der Waals surface area contributed by atoms with Crippen LogP contribution in [-0.2, 0) is 0 Å². The second-order valence-electron chi connectivity index (χ2n) is 7.06. The Hall–Kier alpha value is -4.12. The second kappa shape index (κ2) is 7.95. The van der Waals surface area contributed by atoms with Gasteiger partial charge in [-0.25, -0.2) is 0 Å². The summed E-state index contributed by atoms with van der Waals surface area (Å²) in [6.07, 6.45) is 0. The molecule has 0 radical (unpaired) electrons. The first-order valence-electron chi connectivity index (χ1n) is 9.55. The largest absolute Gasteiger partial charge is 0.496 e. The number of nitriles is 1. The van der Waals surface area contributed by atoms with Crippen molar-refractivity contribution in [1.29, 1.82) is 5.26 Å². The first kappa shape index (κ1) is 20.2. The molecule has 1 aliphatic heterocycles. The van der Waals surface area contributed by atoms with E-state index in [9.17, 15) is 5.26 Å². The molecule has 3 aromatic rings. The molecule has 0 saturated carbocycles. The van der Waals surface area contributed by atoms with Crippen molar-refractivity contribution < 1.29 is 18.9 Å². The number of rotatable bonds is 5. The van der Waals surface area contributed by atoms with Gasteiger partial charge in [0.1, 0.15) is 17.4 Å². The van der Waals surface area contributed by atoms with Gasteiger partial charge in [-0.3, -0.25) is 5.10 Å². The standard InChI is InChI=1S/C23H22N4O4/c1-12-5-7-13(8-6-12)21-20-19(15(11-24)22(25)31-23(20)27-26-21)14-9-17(29-3)18(30-4)10-16(14)28-2/h5-10,19H,25H2,1-4H3,(H,26,27). The molecular weight excluding hydrogens is 396 g/mol. The van der Waals surface area contributed by atoms with Crippen molar-refractivity contribution >= 4 is 0 Å². The molecular formula is C23H22N4O4. The molecule has 2 aromatic carbocycles. The zero-order valence-electron chi connectivity index (χ0n) is 17.6. The van der Waals surface area contributed by atoms with Crippen molar-refractivity contribution in [2.24, 2.45) is 5.73 Å². The molecule has 4 rings (SSSR count). The topological polar surface area (TPSA) is 115 Å². The second-order valence-corrected chi connectivity index (χ2v) is 7.06. The van der Waals surface area contributed by atoms with Gasteiger partial charge in [-0.1, -0.05) is 29.8 Å². The van der Waals surface area contributed by atoms with Crippen LogP contribution >= 0.6 is 0 Å². The number of aromatic nitrogens is 2. The molecule has 31 heavy (non-hydrogen) atoms. The summed E-state index contributed by atoms with van der Waals surface area (Å²) in [5, 5.41) is 17.3. The van der Waals surface area contributed by atoms with Crippen molar-refractivity contribution in [2.75, 3.05) is 21.3 Å². The number of nitrogens with zero attached hydrogens (tertiary/aromatic N) is 2. The van der Waals surface area contributed by atoms with Crippen LogP contribution in [0.15, 0.2) is 47.9 Å². The van der Waals surface area contributed by atoms with Crippen molar-refractivity contribution in [3.05, 3.63) is 64.5 Å². The summed E-state index contributed by atoms with van der Waals surface area (Å²) in [6, 6.07) is 13.7. The average Bonchev–Trinajstić information content (AvgIpc) is 3.20. The molecule has 0 amide bonds. The number of fused-ring (bicyclic) bond motifs is 1. The minimum Gasteiger partial charge on any atom is -0.496 e. The summed E-state index contributed by atoms with van der Waals surface area (Å²) >= 11 is 0. The van der Waals surface area contributed by atoms with Crippen molar-refractivity contribution in [2.45, 2.75) is 12.8 Å². The Morgan fingerprint density at radius 3 is 2.29 bits per heavy atom. The number of aryl methyl sites for hydroxylation is 1. The normalized spacial score (nSPS) is 15.0. The molecule has 8 nitrogen and oxygen atoms in total. The van der Waals surface area contributed by atoms with Crippen molar-refractivity contribution in [3.8, 4) is 40.5 Å². The van der Waals surface area contributed by atoms with Gasteiger partial charge in [0, 0.05) is 17.2 Å². The minimum absolute atomic E-state index is 0.00112. The number of hydrogen-bond donors (Lipinski definition) is 2. The monoisotopic (exact) mass is 418 g/mol. The Balaban J connectivity index is 2.00. The lowest BCUT2D eigenvalue weighted by molar-refractivity contribution is 0.346. The van der Waals surface area contributed by atoms with E-state index in [2.05, 4.69) is 16.3 Å². The van der Waals surface area contributed by atoms with Gasteiger partial charge in [0.05, 0.1) is 38.5 Å². The molecule has 0 saturated heterocycles. The summed E-state index contributed by atoms with van der Waals surface area (Å²) in [7, 11) is 4.66. The van der Waals surface area contributed by atoms with E-state index in [-0.39, 0.29) is 11.5 Å². The lowest BCUT2D eigenvalue weighted by atomic mass is 9.82. The Morgan fingerprint density at radius 2 is 1.68 bits per heavy atom. The molecule has 0 fully saturated rings. The van der Waals surface area contributed by atoms with Crippen LogP contribution in [0.1, 0.15) is 22.6 Å². The van der Waals surface area contributed by atoms with Gasteiger partial charge in [0.2, 0.25) is 11.8 Å². The molecule has 3 N–H and O–H groups in total. The highest BCUT2D eigenvalue weighted by molar-refractivity contribution is 5.72. The molecule has 2 heterocycles. The first-order chi connectivity index (χ1) is 15.0. The Labute approximate surface area is 179 Å². The van der Waals surface area contributed by atoms with E-state index >= 15 is 0 Å². The van der Waals surface area contributed by atoms with Gasteiger partial charge < -0.3 is 24.7 Å². The molecule has 0 aliphatic carbocycles. The maximum Gasteiger partial charge on any atom is 0.244 e. The maximum absolute atomic E-state index is 9.95. The number of benzene rings is 2. The van der Waals surface area contributed by atoms with E-state index in [1.165, 1.54) is 0 Å². The Bertz CT molecular complexity index is 1210. The molecule has 0 spiro atoms. The van der Waals surface area contributed by atoms with Gasteiger partial charge >= 0.3 is 0 Å². The molecule has 158 valence electrons. The van der Waals surface area contributed by atoms with Gasteiger partial charge in [0.25, 0.3) is 0 Å². The lowest BCUT2D eigenvalue weighted by Gasteiger charge is -2.26. The van der Waals surface area contributed by atoms with Crippen LogP contribution in [0, 0.1) is 18.3 Å². The van der Waals surface area contributed by atoms with E-state index in [0.717, 1.165) is 16.8 Å². The number of nitrogens with one attached hydrogen (secondary N) is 1. The van der Waals surface area contributed by atoms with Crippen molar-refractivity contribution in [1.82, 2.24) is 10.2 Å². The van der Waals surface area contributed by atoms with E-state index in [1.54, 1.807) is 33.5 Å².